The number of aromatic nitrogens is 3. The smallest absolute Gasteiger partial charge is 0.321 e. The summed E-state index contributed by atoms with van der Waals surface area (Å²) < 4.78 is 5.84. The predicted molar refractivity (Wildman–Crippen MR) is 124 cm³/mol. The molecule has 1 aromatic heterocycles. The molecule has 4 rings (SSSR count). The standard InChI is InChI=1S/C25H28N4O/c1-2-3-4-5-6-11-16-30-25-28-23(27-24(26)29-25)22-20-14-9-7-12-18(20)17-19-13-8-10-15-21(19)22/h7-10,12-15,17H,2-6,11,16H2,1H3,(H2,26,27,28,29). The van der Waals surface area contributed by atoms with Crippen LogP contribution in [0, 0.1) is 0 Å². The number of fused-ring (bicyclic) bond motifs is 2. The molecule has 0 spiro atoms. The van der Waals surface area contributed by atoms with E-state index in [1.54, 1.807) is 0 Å². The summed E-state index contributed by atoms with van der Waals surface area (Å²) in [6, 6.07) is 19.0. The van der Waals surface area contributed by atoms with Gasteiger partial charge in [0.05, 0.1) is 6.61 Å². The molecule has 0 aliphatic rings. The fourth-order valence-corrected chi connectivity index (χ4v) is 3.85. The number of nitrogens with two attached hydrogens (primary N) is 1. The van der Waals surface area contributed by atoms with Crippen LogP contribution >= 0.6 is 0 Å². The molecule has 154 valence electrons. The van der Waals surface area contributed by atoms with Gasteiger partial charge in [0.15, 0.2) is 5.82 Å². The minimum atomic E-state index is 0.176. The van der Waals surface area contributed by atoms with Gasteiger partial charge in [-0.2, -0.15) is 15.0 Å². The Kier molecular flexibility index (Phi) is 6.38. The van der Waals surface area contributed by atoms with E-state index < -0.39 is 0 Å². The quantitative estimate of drug-likeness (QED) is 0.269. The molecule has 1 heterocycles. The van der Waals surface area contributed by atoms with Gasteiger partial charge in [-0.1, -0.05) is 87.6 Å². The zero-order valence-corrected chi connectivity index (χ0v) is 17.5. The monoisotopic (exact) mass is 400 g/mol. The van der Waals surface area contributed by atoms with Crippen molar-refractivity contribution < 1.29 is 4.74 Å². The molecule has 0 bridgehead atoms. The van der Waals surface area contributed by atoms with Crippen LogP contribution < -0.4 is 10.5 Å². The van der Waals surface area contributed by atoms with Crippen molar-refractivity contribution in [2.75, 3.05) is 12.3 Å². The number of anilines is 1. The van der Waals surface area contributed by atoms with Crippen LogP contribution in [0.25, 0.3) is 32.9 Å². The summed E-state index contributed by atoms with van der Waals surface area (Å²) >= 11 is 0. The number of rotatable bonds is 9. The molecule has 0 aliphatic heterocycles. The molecule has 2 N–H and O–H groups in total. The van der Waals surface area contributed by atoms with Crippen molar-refractivity contribution >= 4 is 27.5 Å². The largest absolute Gasteiger partial charge is 0.463 e. The molecule has 0 amide bonds. The SMILES string of the molecule is CCCCCCCCOc1nc(N)nc(-c2c3ccccc3cc3ccccc23)n1. The predicted octanol–water partition coefficient (Wildman–Crippen LogP) is 6.17. The topological polar surface area (TPSA) is 73.9 Å². The van der Waals surface area contributed by atoms with Crippen molar-refractivity contribution in [3.63, 3.8) is 0 Å². The number of hydrogen-bond donors (Lipinski definition) is 1. The second-order valence-corrected chi connectivity index (χ2v) is 7.61. The van der Waals surface area contributed by atoms with Crippen LogP contribution in [0.5, 0.6) is 6.01 Å². The van der Waals surface area contributed by atoms with E-state index in [1.165, 1.54) is 25.7 Å². The maximum Gasteiger partial charge on any atom is 0.321 e. The van der Waals surface area contributed by atoms with Gasteiger partial charge in [-0.05, 0) is 34.0 Å². The number of ether oxygens (including phenoxy) is 1. The third-order valence-corrected chi connectivity index (χ3v) is 5.36. The van der Waals surface area contributed by atoms with Crippen LogP contribution in [0.4, 0.5) is 5.95 Å². The number of hydrogen-bond acceptors (Lipinski definition) is 5. The molecule has 30 heavy (non-hydrogen) atoms. The zero-order chi connectivity index (χ0) is 20.8. The van der Waals surface area contributed by atoms with Crippen LogP contribution in [-0.2, 0) is 0 Å². The Morgan fingerprint density at radius 3 is 2.10 bits per heavy atom. The Labute approximate surface area is 177 Å². The van der Waals surface area contributed by atoms with Gasteiger partial charge in [0, 0.05) is 5.56 Å². The molecule has 0 radical (unpaired) electrons. The number of unbranched alkanes of at least 4 members (excludes halogenated alkanes) is 5. The highest BCUT2D eigenvalue weighted by Crippen LogP contribution is 2.35. The van der Waals surface area contributed by atoms with Crippen LogP contribution in [0.15, 0.2) is 54.6 Å². The molecular weight excluding hydrogens is 372 g/mol. The van der Waals surface area contributed by atoms with Crippen molar-refractivity contribution in [3.8, 4) is 17.4 Å². The molecule has 0 fully saturated rings. The molecule has 0 atom stereocenters. The summed E-state index contributed by atoms with van der Waals surface area (Å²) in [5.74, 6) is 0.725. The summed E-state index contributed by atoms with van der Waals surface area (Å²) in [5, 5.41) is 4.45. The van der Waals surface area contributed by atoms with E-state index >= 15 is 0 Å². The van der Waals surface area contributed by atoms with Crippen LogP contribution in [0.3, 0.4) is 0 Å². The molecular formula is C25H28N4O. The van der Waals surface area contributed by atoms with Crippen molar-refractivity contribution in [2.24, 2.45) is 0 Å². The summed E-state index contributed by atoms with van der Waals surface area (Å²) in [5.41, 5.74) is 6.99. The highest BCUT2D eigenvalue weighted by Gasteiger charge is 2.15. The Balaban J connectivity index is 1.63. The summed E-state index contributed by atoms with van der Waals surface area (Å²) in [6.07, 6.45) is 7.22. The molecule has 0 aliphatic carbocycles. The fourth-order valence-electron chi connectivity index (χ4n) is 3.85. The molecule has 0 unspecified atom stereocenters. The highest BCUT2D eigenvalue weighted by atomic mass is 16.5. The van der Waals surface area contributed by atoms with Gasteiger partial charge in [0.2, 0.25) is 5.95 Å². The molecule has 5 heteroatoms. The van der Waals surface area contributed by atoms with Gasteiger partial charge in [-0.3, -0.25) is 0 Å². The molecule has 0 saturated carbocycles. The van der Waals surface area contributed by atoms with Gasteiger partial charge in [0.1, 0.15) is 0 Å². The fraction of sp³-hybridized carbons (Fsp3) is 0.320. The molecule has 5 nitrogen and oxygen atoms in total. The Hall–Kier alpha value is -3.21. The Morgan fingerprint density at radius 1 is 0.767 bits per heavy atom. The Bertz CT molecular complexity index is 1090. The second kappa shape index (κ2) is 9.53. The first-order valence-electron chi connectivity index (χ1n) is 10.8. The lowest BCUT2D eigenvalue weighted by atomic mass is 9.96. The Morgan fingerprint density at radius 2 is 1.40 bits per heavy atom. The van der Waals surface area contributed by atoms with Gasteiger partial charge >= 0.3 is 6.01 Å². The van der Waals surface area contributed by atoms with Crippen LogP contribution in [0.2, 0.25) is 0 Å². The van der Waals surface area contributed by atoms with Gasteiger partial charge in [-0.25, -0.2) is 0 Å². The maximum atomic E-state index is 6.03. The lowest BCUT2D eigenvalue weighted by Crippen LogP contribution is -2.06. The first kappa shape index (κ1) is 20.1. The normalized spacial score (nSPS) is 11.2. The van der Waals surface area contributed by atoms with Crippen molar-refractivity contribution in [1.82, 2.24) is 15.0 Å². The number of nitrogen functional groups attached to an aromatic ring is 1. The van der Waals surface area contributed by atoms with E-state index in [0.29, 0.717) is 18.4 Å². The van der Waals surface area contributed by atoms with E-state index in [-0.39, 0.29) is 5.95 Å². The molecule has 0 saturated heterocycles. The van der Waals surface area contributed by atoms with Crippen LogP contribution in [-0.4, -0.2) is 21.6 Å². The first-order chi connectivity index (χ1) is 14.8. The van der Waals surface area contributed by atoms with Gasteiger partial charge < -0.3 is 10.5 Å². The average Bonchev–Trinajstić information content (AvgIpc) is 2.76. The number of nitrogens with zero attached hydrogens (tertiary/aromatic N) is 3. The van der Waals surface area contributed by atoms with Crippen molar-refractivity contribution in [3.05, 3.63) is 54.6 Å². The average molecular weight is 401 g/mol. The lowest BCUT2D eigenvalue weighted by Gasteiger charge is -2.12. The van der Waals surface area contributed by atoms with E-state index in [0.717, 1.165) is 39.9 Å². The van der Waals surface area contributed by atoms with Crippen molar-refractivity contribution in [2.45, 2.75) is 45.4 Å². The summed E-state index contributed by atoms with van der Waals surface area (Å²) in [6.45, 7) is 2.82. The van der Waals surface area contributed by atoms with Crippen LogP contribution in [0.1, 0.15) is 45.4 Å². The van der Waals surface area contributed by atoms with Gasteiger partial charge in [0.25, 0.3) is 0 Å². The zero-order valence-electron chi connectivity index (χ0n) is 17.5. The summed E-state index contributed by atoms with van der Waals surface area (Å²) in [7, 11) is 0. The van der Waals surface area contributed by atoms with E-state index in [4.69, 9.17) is 10.5 Å². The molecule has 3 aromatic carbocycles. The van der Waals surface area contributed by atoms with E-state index in [2.05, 4.69) is 52.2 Å². The lowest BCUT2D eigenvalue weighted by molar-refractivity contribution is 0.281. The van der Waals surface area contributed by atoms with Crippen molar-refractivity contribution in [1.29, 1.82) is 0 Å². The minimum Gasteiger partial charge on any atom is -0.463 e. The van der Waals surface area contributed by atoms with Gasteiger partial charge in [-0.15, -0.1) is 0 Å². The highest BCUT2D eigenvalue weighted by molar-refractivity contribution is 6.11. The summed E-state index contributed by atoms with van der Waals surface area (Å²) in [4.78, 5) is 13.3. The third-order valence-electron chi connectivity index (χ3n) is 5.36. The maximum absolute atomic E-state index is 6.03. The third kappa shape index (κ3) is 4.51. The van der Waals surface area contributed by atoms with E-state index in [1.807, 2.05) is 24.3 Å². The second-order valence-electron chi connectivity index (χ2n) is 7.61. The molecule has 4 aromatic rings. The minimum absolute atomic E-state index is 0.176. The van der Waals surface area contributed by atoms with E-state index in [9.17, 15) is 0 Å². The first-order valence-corrected chi connectivity index (χ1v) is 10.8. The number of benzene rings is 3.